The maximum absolute atomic E-state index is 10.1. The lowest BCUT2D eigenvalue weighted by Crippen LogP contribution is -1.97. The maximum Gasteiger partial charge on any atom is 0.119 e. The summed E-state index contributed by atoms with van der Waals surface area (Å²) in [5, 5.41) is 8.61. The number of unbranched alkanes of at least 4 members (excludes halogenated alkanes) is 9. The fraction of sp³-hybridized carbons (Fsp3) is 0.933. The first-order valence-corrected chi connectivity index (χ1v) is 7.54. The van der Waals surface area contributed by atoms with Crippen molar-refractivity contribution in [1.29, 1.82) is 0 Å². The molecule has 0 rings (SSSR count). The third kappa shape index (κ3) is 15.6. The molecule has 3 heteroatoms. The van der Waals surface area contributed by atoms with E-state index in [2.05, 4.69) is 0 Å². The monoisotopic (exact) mass is 258 g/mol. The Kier molecular flexibility index (Phi) is 16.2. The minimum atomic E-state index is 0.313. The largest absolute Gasteiger partial charge is 0.396 e. The molecular formula is C15H30O3. The molecule has 0 unspecified atom stereocenters. The average Bonchev–Trinajstić information content (AvgIpc) is 2.39. The molecule has 18 heavy (non-hydrogen) atoms. The van der Waals surface area contributed by atoms with Crippen LogP contribution in [0.2, 0.25) is 0 Å². The highest BCUT2D eigenvalue weighted by Crippen LogP contribution is 2.07. The highest BCUT2D eigenvalue weighted by Gasteiger charge is 1.93. The quantitative estimate of drug-likeness (QED) is 0.361. The molecule has 0 aromatic rings. The fourth-order valence-electron chi connectivity index (χ4n) is 1.91. The van der Waals surface area contributed by atoms with Crippen LogP contribution >= 0.6 is 0 Å². The lowest BCUT2D eigenvalue weighted by molar-refractivity contribution is -0.107. The zero-order valence-electron chi connectivity index (χ0n) is 11.7. The second-order valence-corrected chi connectivity index (χ2v) is 4.83. The molecule has 0 saturated carbocycles. The van der Waals surface area contributed by atoms with Gasteiger partial charge < -0.3 is 14.6 Å². The highest BCUT2D eigenvalue weighted by molar-refractivity contribution is 5.48. The maximum atomic E-state index is 10.1. The van der Waals surface area contributed by atoms with Crippen LogP contribution in [0.25, 0.3) is 0 Å². The van der Waals surface area contributed by atoms with Gasteiger partial charge in [0.2, 0.25) is 0 Å². The van der Waals surface area contributed by atoms with Gasteiger partial charge >= 0.3 is 0 Å². The van der Waals surface area contributed by atoms with E-state index >= 15 is 0 Å². The Morgan fingerprint density at radius 1 is 0.722 bits per heavy atom. The molecule has 108 valence electrons. The smallest absolute Gasteiger partial charge is 0.119 e. The van der Waals surface area contributed by atoms with Crippen molar-refractivity contribution in [2.75, 3.05) is 19.8 Å². The molecule has 3 nitrogen and oxygen atoms in total. The molecule has 0 aromatic heterocycles. The molecule has 0 spiro atoms. The van der Waals surface area contributed by atoms with Crippen molar-refractivity contribution < 1.29 is 14.6 Å². The highest BCUT2D eigenvalue weighted by atomic mass is 16.5. The summed E-state index contributed by atoms with van der Waals surface area (Å²) in [7, 11) is 0. The molecule has 0 aliphatic heterocycles. The van der Waals surface area contributed by atoms with Crippen molar-refractivity contribution in [3.05, 3.63) is 0 Å². The summed E-state index contributed by atoms with van der Waals surface area (Å²) in [5.74, 6) is 0. The van der Waals surface area contributed by atoms with E-state index in [9.17, 15) is 4.79 Å². The van der Waals surface area contributed by atoms with Crippen LogP contribution in [0.3, 0.4) is 0 Å². The van der Waals surface area contributed by atoms with Crippen LogP contribution in [0.15, 0.2) is 0 Å². The summed E-state index contributed by atoms with van der Waals surface area (Å²) in [6, 6.07) is 0. The Labute approximate surface area is 112 Å². The van der Waals surface area contributed by atoms with Gasteiger partial charge in [-0.25, -0.2) is 0 Å². The number of aliphatic hydroxyl groups is 1. The van der Waals surface area contributed by atoms with E-state index in [4.69, 9.17) is 9.84 Å². The average molecular weight is 258 g/mol. The van der Waals surface area contributed by atoms with Gasteiger partial charge in [-0.1, -0.05) is 38.5 Å². The van der Waals surface area contributed by atoms with Crippen molar-refractivity contribution in [3.63, 3.8) is 0 Å². The van der Waals surface area contributed by atoms with Gasteiger partial charge in [-0.15, -0.1) is 0 Å². The van der Waals surface area contributed by atoms with Crippen LogP contribution in [-0.4, -0.2) is 31.2 Å². The molecule has 0 bridgehead atoms. The first-order valence-electron chi connectivity index (χ1n) is 7.54. The first kappa shape index (κ1) is 17.6. The van der Waals surface area contributed by atoms with E-state index in [1.165, 1.54) is 25.7 Å². The zero-order chi connectivity index (χ0) is 13.3. The molecular weight excluding hydrogens is 228 g/mol. The van der Waals surface area contributed by atoms with E-state index in [0.717, 1.165) is 64.4 Å². The van der Waals surface area contributed by atoms with Crippen LogP contribution in [0, 0.1) is 0 Å². The second-order valence-electron chi connectivity index (χ2n) is 4.83. The molecule has 0 heterocycles. The predicted octanol–water partition coefficient (Wildman–Crippen LogP) is 3.49. The summed E-state index contributed by atoms with van der Waals surface area (Å²) in [6.45, 7) is 2.06. The zero-order valence-corrected chi connectivity index (χ0v) is 11.7. The van der Waals surface area contributed by atoms with Gasteiger partial charge in [0.25, 0.3) is 0 Å². The topological polar surface area (TPSA) is 46.5 Å². The van der Waals surface area contributed by atoms with E-state index in [1.807, 2.05) is 0 Å². The van der Waals surface area contributed by atoms with Crippen molar-refractivity contribution in [3.8, 4) is 0 Å². The fourth-order valence-corrected chi connectivity index (χ4v) is 1.91. The number of carbonyl (C=O) groups excluding carboxylic acids is 1. The van der Waals surface area contributed by atoms with Gasteiger partial charge in [0, 0.05) is 26.2 Å². The molecule has 0 aliphatic carbocycles. The molecule has 0 aliphatic rings. The molecule has 0 saturated heterocycles. The van der Waals surface area contributed by atoms with E-state index in [-0.39, 0.29) is 0 Å². The minimum Gasteiger partial charge on any atom is -0.396 e. The number of ether oxygens (including phenoxy) is 1. The van der Waals surface area contributed by atoms with Crippen molar-refractivity contribution >= 4 is 6.29 Å². The van der Waals surface area contributed by atoms with Gasteiger partial charge in [0.05, 0.1) is 0 Å². The lowest BCUT2D eigenvalue weighted by atomic mass is 10.1. The van der Waals surface area contributed by atoms with Crippen molar-refractivity contribution in [2.24, 2.45) is 0 Å². The summed E-state index contributed by atoms with van der Waals surface area (Å²) in [6.07, 6.45) is 13.2. The summed E-state index contributed by atoms with van der Waals surface area (Å²) in [4.78, 5) is 10.1. The number of carbonyl (C=O) groups is 1. The van der Waals surface area contributed by atoms with Gasteiger partial charge in [-0.05, 0) is 25.7 Å². The summed E-state index contributed by atoms with van der Waals surface area (Å²) < 4.78 is 5.55. The van der Waals surface area contributed by atoms with Gasteiger partial charge in [0.1, 0.15) is 6.29 Å². The Hall–Kier alpha value is -0.410. The summed E-state index contributed by atoms with van der Waals surface area (Å²) in [5.41, 5.74) is 0. The van der Waals surface area contributed by atoms with Gasteiger partial charge in [0.15, 0.2) is 0 Å². The number of hydrogen-bond donors (Lipinski definition) is 1. The molecule has 0 amide bonds. The first-order chi connectivity index (χ1) is 8.91. The van der Waals surface area contributed by atoms with Crippen LogP contribution in [0.1, 0.15) is 70.6 Å². The molecule has 0 aromatic carbocycles. The van der Waals surface area contributed by atoms with Gasteiger partial charge in [-0.2, -0.15) is 0 Å². The molecule has 0 radical (unpaired) electrons. The normalized spacial score (nSPS) is 10.7. The Morgan fingerprint density at radius 3 is 1.78 bits per heavy atom. The van der Waals surface area contributed by atoms with Crippen LogP contribution in [0.4, 0.5) is 0 Å². The molecule has 0 atom stereocenters. The summed E-state index contributed by atoms with van der Waals surface area (Å²) >= 11 is 0. The van der Waals surface area contributed by atoms with Crippen LogP contribution in [-0.2, 0) is 9.53 Å². The standard InChI is InChI=1S/C15H30O3/c16-12-8-4-2-1-3-6-10-14-18-15-11-7-5-9-13-17/h12,17H,1-11,13-15H2. The Morgan fingerprint density at radius 2 is 1.22 bits per heavy atom. The molecule has 1 N–H and O–H groups in total. The van der Waals surface area contributed by atoms with Crippen molar-refractivity contribution in [1.82, 2.24) is 0 Å². The van der Waals surface area contributed by atoms with Crippen molar-refractivity contribution in [2.45, 2.75) is 70.6 Å². The van der Waals surface area contributed by atoms with E-state index in [0.29, 0.717) is 6.61 Å². The predicted molar refractivity (Wildman–Crippen MR) is 74.8 cm³/mol. The van der Waals surface area contributed by atoms with Crippen LogP contribution < -0.4 is 0 Å². The number of hydrogen-bond acceptors (Lipinski definition) is 3. The SMILES string of the molecule is O=CCCCCCCCCOCCCCCCO. The Bertz CT molecular complexity index is 160. The lowest BCUT2D eigenvalue weighted by Gasteiger charge is -2.04. The third-order valence-electron chi connectivity index (χ3n) is 3.06. The van der Waals surface area contributed by atoms with Gasteiger partial charge in [-0.3, -0.25) is 0 Å². The minimum absolute atomic E-state index is 0.313. The Balaban J connectivity index is 2.88. The van der Waals surface area contributed by atoms with E-state index in [1.54, 1.807) is 0 Å². The number of aliphatic hydroxyl groups excluding tert-OH is 1. The number of rotatable bonds is 15. The molecule has 0 fully saturated rings. The van der Waals surface area contributed by atoms with E-state index < -0.39 is 0 Å². The third-order valence-corrected chi connectivity index (χ3v) is 3.06. The second kappa shape index (κ2) is 16.6. The van der Waals surface area contributed by atoms with Crippen LogP contribution in [0.5, 0.6) is 0 Å². The number of aldehydes is 1.